The number of aryl methyl sites for hydroxylation is 1. The SMILES string of the molecule is O=S(=O)(NCc1cscn1)c1ccc2c(c1)NCCC2. The van der Waals surface area contributed by atoms with E-state index in [0.29, 0.717) is 4.90 Å². The molecule has 7 heteroatoms. The van der Waals surface area contributed by atoms with Crippen LogP contribution < -0.4 is 10.0 Å². The first-order valence-electron chi connectivity index (χ1n) is 6.39. The van der Waals surface area contributed by atoms with Gasteiger partial charge in [-0.15, -0.1) is 11.3 Å². The summed E-state index contributed by atoms with van der Waals surface area (Å²) >= 11 is 1.45. The van der Waals surface area contributed by atoms with E-state index in [2.05, 4.69) is 15.0 Å². The van der Waals surface area contributed by atoms with E-state index in [-0.39, 0.29) is 6.54 Å². The molecule has 1 aliphatic rings. The van der Waals surface area contributed by atoms with Crippen molar-refractivity contribution in [1.29, 1.82) is 0 Å². The lowest BCUT2D eigenvalue weighted by molar-refractivity contribution is 0.580. The Bertz CT molecular complexity index is 696. The van der Waals surface area contributed by atoms with Gasteiger partial charge in [-0.25, -0.2) is 18.1 Å². The van der Waals surface area contributed by atoms with Crippen LogP contribution in [-0.4, -0.2) is 19.9 Å². The summed E-state index contributed by atoms with van der Waals surface area (Å²) in [5.41, 5.74) is 4.52. The zero-order chi connectivity index (χ0) is 14.0. The Morgan fingerprint density at radius 2 is 2.30 bits per heavy atom. The number of sulfonamides is 1. The fourth-order valence-electron chi connectivity index (χ4n) is 2.18. The number of nitrogens with zero attached hydrogens (tertiary/aromatic N) is 1. The summed E-state index contributed by atoms with van der Waals surface area (Å²) in [6.45, 7) is 1.11. The minimum atomic E-state index is -3.50. The molecule has 1 aromatic carbocycles. The number of thiazole rings is 1. The van der Waals surface area contributed by atoms with E-state index in [9.17, 15) is 8.42 Å². The molecule has 1 aromatic heterocycles. The van der Waals surface area contributed by atoms with Crippen molar-refractivity contribution >= 4 is 27.0 Å². The Kier molecular flexibility index (Phi) is 3.73. The number of nitrogens with one attached hydrogen (secondary N) is 2. The third kappa shape index (κ3) is 2.84. The Hall–Kier alpha value is -1.44. The van der Waals surface area contributed by atoms with Crippen molar-refractivity contribution in [2.45, 2.75) is 24.3 Å². The van der Waals surface area contributed by atoms with Crippen LogP contribution in [0.5, 0.6) is 0 Å². The van der Waals surface area contributed by atoms with Gasteiger partial charge >= 0.3 is 0 Å². The molecule has 20 heavy (non-hydrogen) atoms. The Morgan fingerprint density at radius 3 is 3.10 bits per heavy atom. The minimum absolute atomic E-state index is 0.219. The second kappa shape index (κ2) is 5.51. The lowest BCUT2D eigenvalue weighted by Gasteiger charge is -2.18. The number of fused-ring (bicyclic) bond motifs is 1. The van der Waals surface area contributed by atoms with Crippen LogP contribution >= 0.6 is 11.3 Å². The summed E-state index contributed by atoms with van der Waals surface area (Å²) in [5.74, 6) is 0. The summed E-state index contributed by atoms with van der Waals surface area (Å²) in [4.78, 5) is 4.35. The average molecular weight is 309 g/mol. The second-order valence-electron chi connectivity index (χ2n) is 4.65. The molecule has 5 nitrogen and oxygen atoms in total. The van der Waals surface area contributed by atoms with Gasteiger partial charge in [-0.05, 0) is 30.5 Å². The van der Waals surface area contributed by atoms with Crippen LogP contribution in [0.25, 0.3) is 0 Å². The average Bonchev–Trinajstić information content (AvgIpc) is 2.98. The van der Waals surface area contributed by atoms with Crippen LogP contribution in [0.3, 0.4) is 0 Å². The number of aromatic nitrogens is 1. The predicted octanol–water partition coefficient (Wildman–Crippen LogP) is 1.98. The van der Waals surface area contributed by atoms with Gasteiger partial charge in [0, 0.05) is 17.6 Å². The van der Waals surface area contributed by atoms with Crippen LogP contribution in [0.2, 0.25) is 0 Å². The third-order valence-corrected chi connectivity index (χ3v) is 5.29. The molecular formula is C13H15N3O2S2. The number of anilines is 1. The lowest BCUT2D eigenvalue weighted by Crippen LogP contribution is -2.24. The summed E-state index contributed by atoms with van der Waals surface area (Å²) in [6.07, 6.45) is 2.08. The molecule has 0 saturated carbocycles. The summed E-state index contributed by atoms with van der Waals surface area (Å²) in [5, 5.41) is 5.07. The zero-order valence-electron chi connectivity index (χ0n) is 10.8. The Labute approximate surface area is 122 Å². The number of hydrogen-bond acceptors (Lipinski definition) is 5. The van der Waals surface area contributed by atoms with Crippen molar-refractivity contribution in [3.63, 3.8) is 0 Å². The van der Waals surface area contributed by atoms with Crippen molar-refractivity contribution < 1.29 is 8.42 Å². The summed E-state index contributed by atoms with van der Waals surface area (Å²) < 4.78 is 27.1. The molecule has 0 aliphatic carbocycles. The van der Waals surface area contributed by atoms with Crippen LogP contribution in [-0.2, 0) is 23.0 Å². The van der Waals surface area contributed by atoms with E-state index in [0.717, 1.165) is 30.8 Å². The van der Waals surface area contributed by atoms with Gasteiger partial charge in [0.1, 0.15) is 0 Å². The van der Waals surface area contributed by atoms with Crippen molar-refractivity contribution in [2.75, 3.05) is 11.9 Å². The largest absolute Gasteiger partial charge is 0.385 e. The smallest absolute Gasteiger partial charge is 0.240 e. The quantitative estimate of drug-likeness (QED) is 0.906. The standard InChI is InChI=1S/C13H15N3O2S2/c17-20(18,16-7-11-8-19-9-15-11)12-4-3-10-2-1-5-14-13(10)6-12/h3-4,6,8-9,14,16H,1-2,5,7H2. The molecule has 0 fully saturated rings. The van der Waals surface area contributed by atoms with Crippen LogP contribution in [0.4, 0.5) is 5.69 Å². The monoisotopic (exact) mass is 309 g/mol. The summed E-state index contributed by atoms with van der Waals surface area (Å²) in [7, 11) is -3.50. The lowest BCUT2D eigenvalue weighted by atomic mass is 10.0. The second-order valence-corrected chi connectivity index (χ2v) is 7.14. The maximum atomic E-state index is 12.2. The van der Waals surface area contributed by atoms with E-state index in [1.807, 2.05) is 11.4 Å². The highest BCUT2D eigenvalue weighted by Crippen LogP contribution is 2.25. The van der Waals surface area contributed by atoms with Gasteiger partial charge < -0.3 is 5.32 Å². The first kappa shape index (κ1) is 13.5. The first-order valence-corrected chi connectivity index (χ1v) is 8.81. The molecule has 1 aliphatic heterocycles. The molecule has 2 aromatic rings. The third-order valence-electron chi connectivity index (χ3n) is 3.26. The van der Waals surface area contributed by atoms with Gasteiger partial charge in [0.15, 0.2) is 0 Å². The molecule has 2 heterocycles. The van der Waals surface area contributed by atoms with E-state index in [1.165, 1.54) is 16.9 Å². The maximum absolute atomic E-state index is 12.2. The highest BCUT2D eigenvalue weighted by molar-refractivity contribution is 7.89. The maximum Gasteiger partial charge on any atom is 0.240 e. The van der Waals surface area contributed by atoms with Gasteiger partial charge in [0.2, 0.25) is 10.0 Å². The van der Waals surface area contributed by atoms with Crippen molar-refractivity contribution in [1.82, 2.24) is 9.71 Å². The minimum Gasteiger partial charge on any atom is -0.385 e. The van der Waals surface area contributed by atoms with Gasteiger partial charge in [-0.2, -0.15) is 0 Å². The van der Waals surface area contributed by atoms with Crippen molar-refractivity contribution in [2.24, 2.45) is 0 Å². The predicted molar refractivity (Wildman–Crippen MR) is 79.4 cm³/mol. The number of benzene rings is 1. The number of rotatable bonds is 4. The van der Waals surface area contributed by atoms with Crippen molar-refractivity contribution in [3.8, 4) is 0 Å². The highest BCUT2D eigenvalue weighted by atomic mass is 32.2. The van der Waals surface area contributed by atoms with Gasteiger partial charge in [0.05, 0.1) is 22.6 Å². The van der Waals surface area contributed by atoms with E-state index < -0.39 is 10.0 Å². The normalized spacial score (nSPS) is 14.6. The van der Waals surface area contributed by atoms with E-state index in [4.69, 9.17) is 0 Å². The van der Waals surface area contributed by atoms with Gasteiger partial charge in [0.25, 0.3) is 0 Å². The highest BCUT2D eigenvalue weighted by Gasteiger charge is 2.17. The Morgan fingerprint density at radius 1 is 1.40 bits per heavy atom. The van der Waals surface area contributed by atoms with Crippen LogP contribution in [0.1, 0.15) is 17.7 Å². The van der Waals surface area contributed by atoms with E-state index >= 15 is 0 Å². The number of hydrogen-bond donors (Lipinski definition) is 2. The molecule has 106 valence electrons. The van der Waals surface area contributed by atoms with Crippen LogP contribution in [0.15, 0.2) is 34.0 Å². The topological polar surface area (TPSA) is 71.1 Å². The molecule has 2 N–H and O–H groups in total. The fraction of sp³-hybridized carbons (Fsp3) is 0.308. The molecule has 0 atom stereocenters. The van der Waals surface area contributed by atoms with Crippen LogP contribution in [0, 0.1) is 0 Å². The first-order chi connectivity index (χ1) is 9.65. The molecule has 0 bridgehead atoms. The molecule has 0 saturated heterocycles. The molecule has 0 radical (unpaired) electrons. The molecule has 0 amide bonds. The molecular weight excluding hydrogens is 294 g/mol. The van der Waals surface area contributed by atoms with Crippen molar-refractivity contribution in [3.05, 3.63) is 40.3 Å². The van der Waals surface area contributed by atoms with Gasteiger partial charge in [-0.1, -0.05) is 6.07 Å². The van der Waals surface area contributed by atoms with Gasteiger partial charge in [-0.3, -0.25) is 0 Å². The van der Waals surface area contributed by atoms with E-state index in [1.54, 1.807) is 17.6 Å². The zero-order valence-corrected chi connectivity index (χ0v) is 12.4. The molecule has 3 rings (SSSR count). The summed E-state index contributed by atoms with van der Waals surface area (Å²) in [6, 6.07) is 5.26. The Balaban J connectivity index is 1.80. The fourth-order valence-corrected chi connectivity index (χ4v) is 3.77. The molecule has 0 spiro atoms. The molecule has 0 unspecified atom stereocenters.